The molecular formula is C10H14FN2NaO6S. The largest absolute Gasteiger partial charge is 1.00 e. The van der Waals surface area contributed by atoms with E-state index in [2.05, 4.69) is 4.84 Å². The summed E-state index contributed by atoms with van der Waals surface area (Å²) in [5.41, 5.74) is 0. The molecule has 2 rings (SSSR count). The molecule has 0 unspecified atom stereocenters. The normalized spacial score (nSPS) is 27.2. The summed E-state index contributed by atoms with van der Waals surface area (Å²) in [5, 5.41) is 19.2. The van der Waals surface area contributed by atoms with Gasteiger partial charge in [-0.25, -0.2) is 14.0 Å². The first-order chi connectivity index (χ1) is 9.45. The Morgan fingerprint density at radius 3 is 2.81 bits per heavy atom. The average molecular weight is 332 g/mol. The summed E-state index contributed by atoms with van der Waals surface area (Å²) in [4.78, 5) is 28.0. The Balaban J connectivity index is 0.00000220. The number of hydroxylamine groups is 2. The van der Waals surface area contributed by atoms with Gasteiger partial charge in [-0.05, 0) is 12.8 Å². The molecule has 0 aromatic carbocycles. The van der Waals surface area contributed by atoms with E-state index in [4.69, 9.17) is 5.11 Å². The second kappa shape index (κ2) is 7.84. The average Bonchev–Trinajstić information content (AvgIpc) is 2.64. The summed E-state index contributed by atoms with van der Waals surface area (Å²) in [6, 6.07) is -1.19. The molecule has 2 heterocycles. The van der Waals surface area contributed by atoms with Crippen molar-refractivity contribution in [3.8, 4) is 0 Å². The van der Waals surface area contributed by atoms with Crippen LogP contribution in [0.5, 0.6) is 0 Å². The Hall–Kier alpha value is -0.260. The molecule has 0 saturated carbocycles. The van der Waals surface area contributed by atoms with Crippen LogP contribution in [-0.4, -0.2) is 68.0 Å². The number of piperidine rings is 1. The van der Waals surface area contributed by atoms with E-state index in [0.29, 0.717) is 17.9 Å². The number of hydrogen-bond acceptors (Lipinski definition) is 6. The Morgan fingerprint density at radius 1 is 1.57 bits per heavy atom. The molecular weight excluding hydrogens is 318 g/mol. The minimum absolute atomic E-state index is 0. The number of carbonyl (C=O) groups excluding carboxylic acids is 2. The van der Waals surface area contributed by atoms with Crippen molar-refractivity contribution in [3.63, 3.8) is 0 Å². The molecule has 114 valence electrons. The van der Waals surface area contributed by atoms with Gasteiger partial charge in [0.05, 0.1) is 12.6 Å². The molecule has 2 saturated heterocycles. The van der Waals surface area contributed by atoms with E-state index in [0.717, 1.165) is 0 Å². The van der Waals surface area contributed by atoms with E-state index < -0.39 is 40.6 Å². The van der Waals surface area contributed by atoms with Crippen molar-refractivity contribution in [2.24, 2.45) is 0 Å². The van der Waals surface area contributed by atoms with Gasteiger partial charge >= 0.3 is 35.6 Å². The van der Waals surface area contributed by atoms with Gasteiger partial charge < -0.3 is 19.9 Å². The summed E-state index contributed by atoms with van der Waals surface area (Å²) in [6.45, 7) is -0.0630. The molecule has 2 bridgehead atoms. The molecule has 0 spiro atoms. The monoisotopic (exact) mass is 332 g/mol. The molecule has 11 heteroatoms. The molecule has 0 aliphatic carbocycles. The number of alkyl halides is 1. The number of carboxylic acids is 1. The number of amides is 2. The van der Waals surface area contributed by atoms with Crippen molar-refractivity contribution < 1.29 is 62.8 Å². The van der Waals surface area contributed by atoms with Crippen molar-refractivity contribution in [1.82, 2.24) is 9.96 Å². The predicted molar refractivity (Wildman–Crippen MR) is 61.8 cm³/mol. The molecule has 0 aromatic heterocycles. The van der Waals surface area contributed by atoms with Crippen molar-refractivity contribution in [1.29, 1.82) is 0 Å². The molecule has 2 amide bonds. The van der Waals surface area contributed by atoms with Crippen LogP contribution in [0.25, 0.3) is 0 Å². The topological polar surface area (TPSA) is 110 Å². The minimum atomic E-state index is -2.72. The van der Waals surface area contributed by atoms with Crippen LogP contribution in [0, 0.1) is 0 Å². The van der Waals surface area contributed by atoms with Gasteiger partial charge in [0.2, 0.25) is 0 Å². The number of aliphatic hydroxyl groups is 1. The molecule has 0 aromatic rings. The first kappa shape index (κ1) is 18.8. The third-order valence-electron chi connectivity index (χ3n) is 3.26. The number of carboxylic acid groups (broad SMARTS) is 1. The molecule has 2 aliphatic rings. The van der Waals surface area contributed by atoms with Crippen LogP contribution in [0.3, 0.4) is 0 Å². The fourth-order valence-electron chi connectivity index (χ4n) is 2.38. The zero-order valence-electron chi connectivity index (χ0n) is 11.4. The molecule has 1 N–H and O–H groups in total. The van der Waals surface area contributed by atoms with Crippen LogP contribution in [0.4, 0.5) is 9.18 Å². The quantitative estimate of drug-likeness (QED) is 0.488. The first-order valence-electron chi connectivity index (χ1n) is 6.05. The van der Waals surface area contributed by atoms with E-state index >= 15 is 0 Å². The molecule has 4 atom stereocenters. The molecule has 2 fully saturated rings. The summed E-state index contributed by atoms with van der Waals surface area (Å²) in [5.74, 6) is -2.01. The zero-order chi connectivity index (χ0) is 14.9. The SMILES string of the molecule is O=C([O-])[C@@H](F)ON1C(=O)N2C[C@H]1CC[C@H]2[S@](=O)CCO.[Na+]. The van der Waals surface area contributed by atoms with Gasteiger partial charge in [0.25, 0.3) is 6.36 Å². The molecule has 21 heavy (non-hydrogen) atoms. The number of aliphatic hydroxyl groups excluding tert-OH is 1. The number of aliphatic carboxylic acids is 1. The van der Waals surface area contributed by atoms with Gasteiger partial charge in [-0.3, -0.25) is 4.21 Å². The number of hydrogen-bond donors (Lipinski definition) is 1. The van der Waals surface area contributed by atoms with Crippen LogP contribution in [0.1, 0.15) is 12.8 Å². The second-order valence-corrected chi connectivity index (χ2v) is 6.21. The third-order valence-corrected chi connectivity index (χ3v) is 4.94. The van der Waals surface area contributed by atoms with Crippen LogP contribution >= 0.6 is 0 Å². The molecule has 2 aliphatic heterocycles. The summed E-state index contributed by atoms with van der Waals surface area (Å²) < 4.78 is 24.9. The standard InChI is InChI=1S/C10H15FN2O6S.Na/c11-8(9(15)16)19-13-6-1-2-7(20(18)4-3-14)12(5-6)10(13)17;/h6-8,14H,1-5H2,(H,15,16);/q;+1/p-1/t6-,7-,8+,20-;/m1./s1. The van der Waals surface area contributed by atoms with Crippen molar-refractivity contribution in [3.05, 3.63) is 0 Å². The number of urea groups is 1. The van der Waals surface area contributed by atoms with E-state index in [9.17, 15) is 23.3 Å². The van der Waals surface area contributed by atoms with Crippen molar-refractivity contribution in [2.45, 2.75) is 30.6 Å². The fourth-order valence-corrected chi connectivity index (χ4v) is 3.69. The smallest absolute Gasteiger partial charge is 0.544 e. The Labute approximate surface area is 144 Å². The number of fused-ring (bicyclic) bond motifs is 2. The summed E-state index contributed by atoms with van der Waals surface area (Å²) in [6.07, 6.45) is -1.88. The third kappa shape index (κ3) is 3.93. The van der Waals surface area contributed by atoms with E-state index in [1.807, 2.05) is 0 Å². The van der Waals surface area contributed by atoms with Gasteiger partial charge in [0.15, 0.2) is 0 Å². The number of rotatable bonds is 6. The maximum absolute atomic E-state index is 13.0. The second-order valence-electron chi connectivity index (χ2n) is 4.50. The predicted octanol–water partition coefficient (Wildman–Crippen LogP) is -5.07. The molecule has 8 nitrogen and oxygen atoms in total. The van der Waals surface area contributed by atoms with Crippen LogP contribution in [0.15, 0.2) is 0 Å². The number of halogens is 1. The van der Waals surface area contributed by atoms with E-state index in [1.54, 1.807) is 0 Å². The summed E-state index contributed by atoms with van der Waals surface area (Å²) in [7, 11) is -1.42. The van der Waals surface area contributed by atoms with Crippen molar-refractivity contribution in [2.75, 3.05) is 18.9 Å². The Bertz CT molecular complexity index is 442. The van der Waals surface area contributed by atoms with Gasteiger partial charge in [-0.15, -0.1) is 0 Å². The van der Waals surface area contributed by atoms with Gasteiger partial charge in [0, 0.05) is 23.1 Å². The van der Waals surface area contributed by atoms with Gasteiger partial charge in [-0.2, -0.15) is 5.06 Å². The summed E-state index contributed by atoms with van der Waals surface area (Å²) >= 11 is 0. The van der Waals surface area contributed by atoms with E-state index in [-0.39, 0.29) is 48.5 Å². The fraction of sp³-hybridized carbons (Fsp3) is 0.800. The van der Waals surface area contributed by atoms with Crippen LogP contribution in [0.2, 0.25) is 0 Å². The minimum Gasteiger partial charge on any atom is -0.544 e. The molecule has 0 radical (unpaired) electrons. The van der Waals surface area contributed by atoms with Crippen molar-refractivity contribution >= 4 is 22.8 Å². The van der Waals surface area contributed by atoms with Gasteiger partial charge in [-0.1, -0.05) is 0 Å². The van der Waals surface area contributed by atoms with Crippen LogP contribution in [-0.2, 0) is 20.4 Å². The Morgan fingerprint density at radius 2 is 2.24 bits per heavy atom. The first-order valence-corrected chi connectivity index (χ1v) is 7.43. The van der Waals surface area contributed by atoms with Crippen LogP contribution < -0.4 is 34.7 Å². The number of nitrogens with zero attached hydrogens (tertiary/aromatic N) is 2. The maximum atomic E-state index is 13.0. The van der Waals surface area contributed by atoms with E-state index in [1.165, 1.54) is 4.90 Å². The van der Waals surface area contributed by atoms with Gasteiger partial charge in [0.1, 0.15) is 11.3 Å². The Kier molecular flexibility index (Phi) is 7.01. The maximum Gasteiger partial charge on any atom is 1.00 e. The number of carbonyl (C=O) groups is 2. The zero-order valence-corrected chi connectivity index (χ0v) is 14.3.